The lowest BCUT2D eigenvalue weighted by molar-refractivity contribution is -0.130. The fourth-order valence-electron chi connectivity index (χ4n) is 3.29. The molecule has 0 unspecified atom stereocenters. The third-order valence-electron chi connectivity index (χ3n) is 4.74. The summed E-state index contributed by atoms with van der Waals surface area (Å²) >= 11 is 0. The van der Waals surface area contributed by atoms with Gasteiger partial charge >= 0.3 is 0 Å². The molecule has 2 aromatic rings. The van der Waals surface area contributed by atoms with Crippen LogP contribution in [-0.4, -0.2) is 47.8 Å². The lowest BCUT2D eigenvalue weighted by atomic mass is 10.1. The number of rotatable bonds is 3. The number of halogens is 2. The van der Waals surface area contributed by atoms with Crippen molar-refractivity contribution < 1.29 is 18.4 Å². The average molecular weight is 372 g/mol. The average Bonchev–Trinajstić information content (AvgIpc) is 2.90. The number of carbonyl (C=O) groups excluding carboxylic acids is 2. The molecule has 2 aromatic carbocycles. The molecule has 0 saturated carbocycles. The van der Waals surface area contributed by atoms with Crippen LogP contribution in [0.2, 0.25) is 0 Å². The van der Waals surface area contributed by atoms with E-state index in [9.17, 15) is 18.4 Å². The Hall–Kier alpha value is -2.76. The molecule has 1 fully saturated rings. The standard InChI is InChI=1S/C21H22F2N2O2/c1-15-4-2-5-16(12-15)13-20(26)24-8-3-9-25(11-10-24)21(27)17-6-7-18(22)19(23)14-17/h2,4-7,12,14H,3,8-11,13H2,1H3. The van der Waals surface area contributed by atoms with Gasteiger partial charge in [-0.25, -0.2) is 8.78 Å². The van der Waals surface area contributed by atoms with Gasteiger partial charge in [-0.1, -0.05) is 29.8 Å². The van der Waals surface area contributed by atoms with Crippen molar-refractivity contribution in [3.8, 4) is 0 Å². The van der Waals surface area contributed by atoms with Gasteiger partial charge in [-0.2, -0.15) is 0 Å². The SMILES string of the molecule is Cc1cccc(CC(=O)N2CCCN(C(=O)c3ccc(F)c(F)c3)CC2)c1. The van der Waals surface area contributed by atoms with Crippen molar-refractivity contribution in [2.75, 3.05) is 26.2 Å². The van der Waals surface area contributed by atoms with E-state index >= 15 is 0 Å². The van der Waals surface area contributed by atoms with Crippen LogP contribution in [0.3, 0.4) is 0 Å². The molecule has 27 heavy (non-hydrogen) atoms. The van der Waals surface area contributed by atoms with Gasteiger partial charge in [-0.05, 0) is 37.1 Å². The number of aryl methyl sites for hydroxylation is 1. The predicted octanol–water partition coefficient (Wildman–Crippen LogP) is 3.19. The minimum Gasteiger partial charge on any atom is -0.341 e. The van der Waals surface area contributed by atoms with Gasteiger partial charge in [0.05, 0.1) is 6.42 Å². The highest BCUT2D eigenvalue weighted by Gasteiger charge is 2.23. The molecular weight excluding hydrogens is 350 g/mol. The predicted molar refractivity (Wildman–Crippen MR) is 98.3 cm³/mol. The number of amides is 2. The van der Waals surface area contributed by atoms with Gasteiger partial charge in [0.1, 0.15) is 0 Å². The Morgan fingerprint density at radius 1 is 0.926 bits per heavy atom. The molecule has 6 heteroatoms. The van der Waals surface area contributed by atoms with Crippen LogP contribution >= 0.6 is 0 Å². The highest BCUT2D eigenvalue weighted by atomic mass is 19.2. The molecule has 0 aliphatic carbocycles. The van der Waals surface area contributed by atoms with E-state index in [0.717, 1.165) is 23.3 Å². The lowest BCUT2D eigenvalue weighted by Crippen LogP contribution is -2.38. The molecule has 142 valence electrons. The van der Waals surface area contributed by atoms with Gasteiger partial charge < -0.3 is 9.80 Å². The molecule has 2 amide bonds. The van der Waals surface area contributed by atoms with Gasteiger partial charge in [-0.3, -0.25) is 9.59 Å². The molecule has 1 aliphatic rings. The maximum Gasteiger partial charge on any atom is 0.254 e. The van der Waals surface area contributed by atoms with Crippen LogP contribution in [0.4, 0.5) is 8.78 Å². The summed E-state index contributed by atoms with van der Waals surface area (Å²) in [7, 11) is 0. The van der Waals surface area contributed by atoms with E-state index < -0.39 is 11.6 Å². The Kier molecular flexibility index (Phi) is 5.84. The zero-order valence-electron chi connectivity index (χ0n) is 15.3. The first kappa shape index (κ1) is 19.0. The summed E-state index contributed by atoms with van der Waals surface area (Å²) in [6.07, 6.45) is 0.980. The second-order valence-corrected chi connectivity index (χ2v) is 6.82. The number of hydrogen-bond acceptors (Lipinski definition) is 2. The smallest absolute Gasteiger partial charge is 0.254 e. The first-order chi connectivity index (χ1) is 12.9. The number of nitrogens with zero attached hydrogens (tertiary/aromatic N) is 2. The lowest BCUT2D eigenvalue weighted by Gasteiger charge is -2.22. The summed E-state index contributed by atoms with van der Waals surface area (Å²) < 4.78 is 26.5. The molecule has 4 nitrogen and oxygen atoms in total. The van der Waals surface area contributed by atoms with E-state index in [1.165, 1.54) is 6.07 Å². The minimum absolute atomic E-state index is 0.0303. The summed E-state index contributed by atoms with van der Waals surface area (Å²) in [5, 5.41) is 0. The van der Waals surface area contributed by atoms with Crippen LogP contribution in [0.25, 0.3) is 0 Å². The van der Waals surface area contributed by atoms with Gasteiger partial charge in [-0.15, -0.1) is 0 Å². The minimum atomic E-state index is -1.04. The first-order valence-corrected chi connectivity index (χ1v) is 9.01. The van der Waals surface area contributed by atoms with Gasteiger partial charge in [0, 0.05) is 31.7 Å². The monoisotopic (exact) mass is 372 g/mol. The Morgan fingerprint density at radius 3 is 2.41 bits per heavy atom. The molecule has 0 atom stereocenters. The van der Waals surface area contributed by atoms with E-state index in [4.69, 9.17) is 0 Å². The number of hydrogen-bond donors (Lipinski definition) is 0. The summed E-state index contributed by atoms with van der Waals surface area (Å²) in [4.78, 5) is 28.5. The van der Waals surface area contributed by atoms with Crippen LogP contribution in [0.5, 0.6) is 0 Å². The van der Waals surface area contributed by atoms with Crippen molar-refractivity contribution >= 4 is 11.8 Å². The zero-order chi connectivity index (χ0) is 19.4. The Bertz CT molecular complexity index is 854. The van der Waals surface area contributed by atoms with Crippen molar-refractivity contribution in [3.05, 3.63) is 70.8 Å². The quantitative estimate of drug-likeness (QED) is 0.830. The van der Waals surface area contributed by atoms with Crippen molar-refractivity contribution in [3.63, 3.8) is 0 Å². The molecular formula is C21H22F2N2O2. The van der Waals surface area contributed by atoms with Crippen LogP contribution in [0, 0.1) is 18.6 Å². The summed E-state index contributed by atoms with van der Waals surface area (Å²) in [6, 6.07) is 11.0. The molecule has 0 N–H and O–H groups in total. The fourth-order valence-corrected chi connectivity index (χ4v) is 3.29. The van der Waals surface area contributed by atoms with E-state index in [1.807, 2.05) is 31.2 Å². The van der Waals surface area contributed by atoms with Gasteiger partial charge in [0.15, 0.2) is 11.6 Å². The molecule has 1 saturated heterocycles. The van der Waals surface area contributed by atoms with E-state index in [0.29, 0.717) is 39.0 Å². The fraction of sp³-hybridized carbons (Fsp3) is 0.333. The number of benzene rings is 2. The molecule has 0 radical (unpaired) electrons. The molecule has 0 aromatic heterocycles. The maximum atomic E-state index is 13.4. The second kappa shape index (κ2) is 8.29. The zero-order valence-corrected chi connectivity index (χ0v) is 15.3. The Morgan fingerprint density at radius 2 is 1.67 bits per heavy atom. The van der Waals surface area contributed by atoms with Crippen molar-refractivity contribution in [1.82, 2.24) is 9.80 Å². The highest BCUT2D eigenvalue weighted by Crippen LogP contribution is 2.14. The van der Waals surface area contributed by atoms with Crippen LogP contribution in [0.1, 0.15) is 27.9 Å². The molecule has 0 spiro atoms. The van der Waals surface area contributed by atoms with Crippen LogP contribution in [0.15, 0.2) is 42.5 Å². The van der Waals surface area contributed by atoms with E-state index in [2.05, 4.69) is 0 Å². The van der Waals surface area contributed by atoms with E-state index in [1.54, 1.807) is 9.80 Å². The summed E-state index contributed by atoms with van der Waals surface area (Å²) in [6.45, 7) is 3.84. The van der Waals surface area contributed by atoms with Gasteiger partial charge in [0.2, 0.25) is 5.91 Å². The molecule has 1 heterocycles. The normalized spacial score (nSPS) is 14.8. The molecule has 0 bridgehead atoms. The third-order valence-corrected chi connectivity index (χ3v) is 4.74. The summed E-state index contributed by atoms with van der Waals surface area (Å²) in [5.74, 6) is -2.33. The van der Waals surface area contributed by atoms with Crippen molar-refractivity contribution in [1.29, 1.82) is 0 Å². The van der Waals surface area contributed by atoms with Gasteiger partial charge in [0.25, 0.3) is 5.91 Å². The van der Waals surface area contributed by atoms with Crippen molar-refractivity contribution in [2.45, 2.75) is 19.8 Å². The largest absolute Gasteiger partial charge is 0.341 e. The van der Waals surface area contributed by atoms with E-state index in [-0.39, 0.29) is 17.4 Å². The van der Waals surface area contributed by atoms with Crippen molar-refractivity contribution in [2.24, 2.45) is 0 Å². The second-order valence-electron chi connectivity index (χ2n) is 6.82. The van der Waals surface area contributed by atoms with Crippen LogP contribution in [-0.2, 0) is 11.2 Å². The molecule has 3 rings (SSSR count). The first-order valence-electron chi connectivity index (χ1n) is 9.01. The Labute approximate surface area is 157 Å². The highest BCUT2D eigenvalue weighted by molar-refractivity contribution is 5.94. The number of carbonyl (C=O) groups is 2. The Balaban J connectivity index is 1.62. The molecule has 1 aliphatic heterocycles. The third kappa shape index (κ3) is 4.70. The summed E-state index contributed by atoms with van der Waals surface area (Å²) in [5.41, 5.74) is 2.20. The topological polar surface area (TPSA) is 40.6 Å². The maximum absolute atomic E-state index is 13.4. The van der Waals surface area contributed by atoms with Crippen LogP contribution < -0.4 is 0 Å².